The second-order valence-electron chi connectivity index (χ2n) is 6.86. The molecule has 10 heteroatoms. The summed E-state index contributed by atoms with van der Waals surface area (Å²) in [7, 11) is 2.84. The zero-order valence-electron chi connectivity index (χ0n) is 17.4. The molecule has 3 rings (SSSR count). The number of esters is 1. The summed E-state index contributed by atoms with van der Waals surface area (Å²) in [5.74, 6) is 0.107. The predicted octanol–water partition coefficient (Wildman–Crippen LogP) is 2.30. The lowest BCUT2D eigenvalue weighted by Gasteiger charge is -2.36. The highest BCUT2D eigenvalue weighted by Gasteiger charge is 2.28. The summed E-state index contributed by atoms with van der Waals surface area (Å²) in [6.07, 6.45) is 0.410. The van der Waals surface area contributed by atoms with Crippen LogP contribution < -0.4 is 9.64 Å². The molecule has 1 fully saturated rings. The number of carbonyl (C=O) groups is 3. The zero-order valence-corrected chi connectivity index (χ0v) is 17.4. The van der Waals surface area contributed by atoms with E-state index < -0.39 is 12.1 Å². The number of carboxylic acid groups (broad SMARTS) is 1. The third kappa shape index (κ3) is 5.21. The van der Waals surface area contributed by atoms with E-state index in [0.717, 1.165) is 0 Å². The standard InChI is InChI=1S/C21H24N4O6/c1-30-18-5-3-4-17(12-18)25(14-16-7-6-15(13-22-16)19(26)31-2)20(27)23-8-10-24(11-9-23)21(28)29/h3-7,12-13H,8-11,14H2,1-2H3,(H,28,29). The smallest absolute Gasteiger partial charge is 0.407 e. The summed E-state index contributed by atoms with van der Waals surface area (Å²) in [6.45, 7) is 1.24. The highest BCUT2D eigenvalue weighted by Crippen LogP contribution is 2.24. The van der Waals surface area contributed by atoms with E-state index in [1.807, 2.05) is 0 Å². The topological polar surface area (TPSA) is 113 Å². The third-order valence-electron chi connectivity index (χ3n) is 4.98. The SMILES string of the molecule is COC(=O)c1ccc(CN(C(=O)N2CCN(C(=O)O)CC2)c2cccc(OC)c2)nc1. The van der Waals surface area contributed by atoms with E-state index in [4.69, 9.17) is 9.84 Å². The molecule has 0 saturated carbocycles. The molecule has 2 aromatic rings. The second kappa shape index (κ2) is 9.79. The number of piperazine rings is 1. The number of rotatable bonds is 5. The Morgan fingerprint density at radius 2 is 1.77 bits per heavy atom. The van der Waals surface area contributed by atoms with Crippen LogP contribution in [-0.4, -0.2) is 78.4 Å². The number of hydrogen-bond donors (Lipinski definition) is 1. The number of methoxy groups -OCH3 is 2. The Kier molecular flexibility index (Phi) is 6.91. The molecule has 0 spiro atoms. The number of anilines is 1. The summed E-state index contributed by atoms with van der Waals surface area (Å²) < 4.78 is 9.97. The molecule has 31 heavy (non-hydrogen) atoms. The monoisotopic (exact) mass is 428 g/mol. The minimum absolute atomic E-state index is 0.159. The molecule has 0 atom stereocenters. The maximum atomic E-state index is 13.3. The van der Waals surface area contributed by atoms with Crippen molar-refractivity contribution in [2.75, 3.05) is 45.3 Å². The van der Waals surface area contributed by atoms with Crippen molar-refractivity contribution in [3.63, 3.8) is 0 Å². The Labute approximate surface area is 179 Å². The molecule has 0 radical (unpaired) electrons. The normalized spacial score (nSPS) is 13.5. The van der Waals surface area contributed by atoms with Crippen LogP contribution in [0.3, 0.4) is 0 Å². The van der Waals surface area contributed by atoms with Gasteiger partial charge in [-0.25, -0.2) is 14.4 Å². The van der Waals surface area contributed by atoms with Gasteiger partial charge < -0.3 is 24.4 Å². The molecule has 1 aromatic heterocycles. The van der Waals surface area contributed by atoms with Gasteiger partial charge in [-0.3, -0.25) is 9.88 Å². The Bertz CT molecular complexity index is 941. The van der Waals surface area contributed by atoms with Gasteiger partial charge in [-0.1, -0.05) is 6.07 Å². The van der Waals surface area contributed by atoms with Crippen molar-refractivity contribution < 1.29 is 29.0 Å². The first kappa shape index (κ1) is 21.9. The van der Waals surface area contributed by atoms with Crippen LogP contribution in [0.4, 0.5) is 15.3 Å². The largest absolute Gasteiger partial charge is 0.497 e. The molecule has 1 aromatic carbocycles. The van der Waals surface area contributed by atoms with Gasteiger partial charge in [-0.15, -0.1) is 0 Å². The van der Waals surface area contributed by atoms with Crippen LogP contribution in [0, 0.1) is 0 Å². The molecule has 1 N–H and O–H groups in total. The van der Waals surface area contributed by atoms with Gasteiger partial charge in [-0.05, 0) is 24.3 Å². The molecule has 0 bridgehead atoms. The lowest BCUT2D eigenvalue weighted by atomic mass is 10.2. The number of aromatic nitrogens is 1. The van der Waals surface area contributed by atoms with Crippen molar-refractivity contribution >= 4 is 23.8 Å². The highest BCUT2D eigenvalue weighted by molar-refractivity contribution is 5.92. The molecular weight excluding hydrogens is 404 g/mol. The van der Waals surface area contributed by atoms with Crippen LogP contribution >= 0.6 is 0 Å². The molecule has 164 valence electrons. The zero-order chi connectivity index (χ0) is 22.4. The quantitative estimate of drug-likeness (QED) is 0.727. The van der Waals surface area contributed by atoms with Crippen molar-refractivity contribution in [3.8, 4) is 5.75 Å². The van der Waals surface area contributed by atoms with Crippen LogP contribution in [0.25, 0.3) is 0 Å². The number of nitrogens with zero attached hydrogens (tertiary/aromatic N) is 4. The van der Waals surface area contributed by atoms with Gasteiger partial charge >= 0.3 is 18.1 Å². The molecule has 0 aliphatic carbocycles. The molecule has 1 saturated heterocycles. The van der Waals surface area contributed by atoms with Crippen molar-refractivity contribution in [1.29, 1.82) is 0 Å². The summed E-state index contributed by atoms with van der Waals surface area (Å²) in [5, 5.41) is 9.14. The van der Waals surface area contributed by atoms with E-state index in [-0.39, 0.29) is 25.7 Å². The van der Waals surface area contributed by atoms with Crippen molar-refractivity contribution in [2.45, 2.75) is 6.54 Å². The van der Waals surface area contributed by atoms with Gasteiger partial charge in [0.15, 0.2) is 0 Å². The Hall–Kier alpha value is -3.82. The number of benzene rings is 1. The van der Waals surface area contributed by atoms with Crippen LogP contribution in [-0.2, 0) is 11.3 Å². The molecule has 0 unspecified atom stereocenters. The van der Waals surface area contributed by atoms with Crippen LogP contribution in [0.1, 0.15) is 16.1 Å². The molecule has 2 heterocycles. The third-order valence-corrected chi connectivity index (χ3v) is 4.98. The fourth-order valence-corrected chi connectivity index (χ4v) is 3.23. The van der Waals surface area contributed by atoms with Crippen LogP contribution in [0.2, 0.25) is 0 Å². The molecule has 3 amide bonds. The summed E-state index contributed by atoms with van der Waals surface area (Å²) in [4.78, 5) is 44.9. The van der Waals surface area contributed by atoms with Crippen molar-refractivity contribution in [3.05, 3.63) is 53.9 Å². The fraction of sp³-hybridized carbons (Fsp3) is 0.333. The van der Waals surface area contributed by atoms with E-state index in [1.165, 1.54) is 18.2 Å². The van der Waals surface area contributed by atoms with Crippen molar-refractivity contribution in [1.82, 2.24) is 14.8 Å². The Balaban J connectivity index is 1.83. The highest BCUT2D eigenvalue weighted by atomic mass is 16.5. The Morgan fingerprint density at radius 3 is 2.35 bits per heavy atom. The molecule has 1 aliphatic rings. The van der Waals surface area contributed by atoms with E-state index in [1.54, 1.807) is 53.3 Å². The minimum atomic E-state index is -0.994. The van der Waals surface area contributed by atoms with Crippen LogP contribution in [0.5, 0.6) is 5.75 Å². The van der Waals surface area contributed by atoms with Gasteiger partial charge in [0.1, 0.15) is 5.75 Å². The van der Waals surface area contributed by atoms with E-state index in [2.05, 4.69) is 9.72 Å². The molecule has 1 aliphatic heterocycles. The van der Waals surface area contributed by atoms with Crippen LogP contribution in [0.15, 0.2) is 42.6 Å². The number of hydrogen-bond acceptors (Lipinski definition) is 6. The summed E-state index contributed by atoms with van der Waals surface area (Å²) in [6, 6.07) is 10.1. The van der Waals surface area contributed by atoms with Gasteiger partial charge in [0.2, 0.25) is 0 Å². The van der Waals surface area contributed by atoms with Gasteiger partial charge in [0.25, 0.3) is 0 Å². The maximum Gasteiger partial charge on any atom is 0.407 e. The maximum absolute atomic E-state index is 13.3. The summed E-state index contributed by atoms with van der Waals surface area (Å²) >= 11 is 0. The van der Waals surface area contributed by atoms with Gasteiger partial charge in [0.05, 0.1) is 32.0 Å². The van der Waals surface area contributed by atoms with E-state index >= 15 is 0 Å². The number of amides is 3. The van der Waals surface area contributed by atoms with Gasteiger partial charge in [0, 0.05) is 44.1 Å². The average Bonchev–Trinajstić information content (AvgIpc) is 2.82. The molecular formula is C21H24N4O6. The van der Waals surface area contributed by atoms with E-state index in [9.17, 15) is 14.4 Å². The lowest BCUT2D eigenvalue weighted by molar-refractivity contribution is 0.0600. The minimum Gasteiger partial charge on any atom is -0.497 e. The van der Waals surface area contributed by atoms with Crippen molar-refractivity contribution in [2.24, 2.45) is 0 Å². The number of ether oxygens (including phenoxy) is 2. The van der Waals surface area contributed by atoms with Gasteiger partial charge in [-0.2, -0.15) is 0 Å². The lowest BCUT2D eigenvalue weighted by Crippen LogP contribution is -2.53. The Morgan fingerprint density at radius 1 is 1.06 bits per heavy atom. The number of urea groups is 1. The first-order chi connectivity index (χ1) is 14.9. The summed E-state index contributed by atoms with van der Waals surface area (Å²) in [5.41, 5.74) is 1.51. The number of carbonyl (C=O) groups excluding carboxylic acids is 2. The predicted molar refractivity (Wildman–Crippen MR) is 111 cm³/mol. The average molecular weight is 428 g/mol. The first-order valence-electron chi connectivity index (χ1n) is 9.64. The molecule has 10 nitrogen and oxygen atoms in total. The van der Waals surface area contributed by atoms with E-state index in [0.29, 0.717) is 35.8 Å². The first-order valence-corrected chi connectivity index (χ1v) is 9.64. The fourth-order valence-electron chi connectivity index (χ4n) is 3.23. The second-order valence-corrected chi connectivity index (χ2v) is 6.86. The number of pyridine rings is 1.